The molecule has 0 fully saturated rings. The number of rotatable bonds is 1. The number of hydrogen-bond acceptors (Lipinski definition) is 1. The van der Waals surface area contributed by atoms with Crippen molar-refractivity contribution in [3.8, 4) is 0 Å². The summed E-state index contributed by atoms with van der Waals surface area (Å²) in [7, 11) is 0. The summed E-state index contributed by atoms with van der Waals surface area (Å²) >= 11 is 3.38. The minimum Gasteiger partial charge on any atom is -0.328 e. The molecule has 0 radical (unpaired) electrons. The fraction of sp³-hybridized carbons (Fsp3) is 0.250. The van der Waals surface area contributed by atoms with Gasteiger partial charge in [0.2, 0.25) is 0 Å². The van der Waals surface area contributed by atoms with Gasteiger partial charge in [-0.15, -0.1) is 0 Å². The van der Waals surface area contributed by atoms with Crippen LogP contribution in [0.1, 0.15) is 25.3 Å². The standard InChI is InChI=1S/C12H12BrNO/c1-7(2)11-6-14-12(15)10-5-8(13)3-4-9(10)11/h3-7H,1-2H3,(H,14,15). The molecule has 15 heavy (non-hydrogen) atoms. The molecule has 0 aliphatic rings. The summed E-state index contributed by atoms with van der Waals surface area (Å²) < 4.78 is 0.932. The average Bonchev–Trinajstić information content (AvgIpc) is 2.19. The molecular weight excluding hydrogens is 254 g/mol. The lowest BCUT2D eigenvalue weighted by atomic mass is 9.99. The Labute approximate surface area is 96.5 Å². The maximum atomic E-state index is 11.6. The fourth-order valence-electron chi connectivity index (χ4n) is 1.73. The van der Waals surface area contributed by atoms with Crippen LogP contribution >= 0.6 is 15.9 Å². The van der Waals surface area contributed by atoms with Crippen LogP contribution in [0.15, 0.2) is 33.7 Å². The maximum absolute atomic E-state index is 11.6. The third kappa shape index (κ3) is 1.84. The Morgan fingerprint density at radius 2 is 2.00 bits per heavy atom. The lowest BCUT2D eigenvalue weighted by Gasteiger charge is -2.09. The number of benzene rings is 1. The zero-order valence-corrected chi connectivity index (χ0v) is 10.3. The lowest BCUT2D eigenvalue weighted by Crippen LogP contribution is -2.07. The molecule has 0 saturated carbocycles. The Balaban J connectivity index is 2.89. The van der Waals surface area contributed by atoms with Gasteiger partial charge in [0.15, 0.2) is 0 Å². The molecule has 0 spiro atoms. The predicted octanol–water partition coefficient (Wildman–Crippen LogP) is 3.41. The monoisotopic (exact) mass is 265 g/mol. The first kappa shape index (κ1) is 10.4. The van der Waals surface area contributed by atoms with Gasteiger partial charge in [-0.25, -0.2) is 0 Å². The molecule has 2 rings (SSSR count). The summed E-state index contributed by atoms with van der Waals surface area (Å²) in [4.78, 5) is 14.4. The molecule has 78 valence electrons. The first-order chi connectivity index (χ1) is 7.09. The average molecular weight is 266 g/mol. The first-order valence-corrected chi connectivity index (χ1v) is 5.69. The molecule has 1 aromatic heterocycles. The van der Waals surface area contributed by atoms with Gasteiger partial charge in [-0.2, -0.15) is 0 Å². The first-order valence-electron chi connectivity index (χ1n) is 4.90. The van der Waals surface area contributed by atoms with E-state index in [9.17, 15) is 4.79 Å². The van der Waals surface area contributed by atoms with Gasteiger partial charge in [0, 0.05) is 16.1 Å². The minimum atomic E-state index is -0.0318. The van der Waals surface area contributed by atoms with E-state index in [1.165, 1.54) is 5.56 Å². The smallest absolute Gasteiger partial charge is 0.255 e. The van der Waals surface area contributed by atoms with Crippen molar-refractivity contribution in [1.82, 2.24) is 4.98 Å². The van der Waals surface area contributed by atoms with Crippen molar-refractivity contribution in [2.24, 2.45) is 0 Å². The number of nitrogens with one attached hydrogen (secondary N) is 1. The highest BCUT2D eigenvalue weighted by atomic mass is 79.9. The van der Waals surface area contributed by atoms with Gasteiger partial charge >= 0.3 is 0 Å². The van der Waals surface area contributed by atoms with Crippen LogP contribution in [0.4, 0.5) is 0 Å². The van der Waals surface area contributed by atoms with Crippen LogP contribution in [0.3, 0.4) is 0 Å². The summed E-state index contributed by atoms with van der Waals surface area (Å²) in [6.07, 6.45) is 1.81. The topological polar surface area (TPSA) is 32.9 Å². The van der Waals surface area contributed by atoms with E-state index >= 15 is 0 Å². The minimum absolute atomic E-state index is 0.0318. The van der Waals surface area contributed by atoms with Crippen LogP contribution in [0.25, 0.3) is 10.8 Å². The van der Waals surface area contributed by atoms with Crippen molar-refractivity contribution in [2.45, 2.75) is 19.8 Å². The van der Waals surface area contributed by atoms with E-state index in [1.54, 1.807) is 0 Å². The van der Waals surface area contributed by atoms with Crippen molar-refractivity contribution >= 4 is 26.7 Å². The van der Waals surface area contributed by atoms with Gasteiger partial charge in [-0.05, 0) is 29.0 Å². The Morgan fingerprint density at radius 1 is 1.27 bits per heavy atom. The van der Waals surface area contributed by atoms with Gasteiger partial charge in [0.25, 0.3) is 5.56 Å². The highest BCUT2D eigenvalue weighted by molar-refractivity contribution is 9.10. The van der Waals surface area contributed by atoms with E-state index in [1.807, 2.05) is 24.4 Å². The number of aromatic amines is 1. The van der Waals surface area contributed by atoms with E-state index in [2.05, 4.69) is 34.8 Å². The zero-order chi connectivity index (χ0) is 11.0. The maximum Gasteiger partial charge on any atom is 0.255 e. The van der Waals surface area contributed by atoms with E-state index in [0.29, 0.717) is 5.92 Å². The second-order valence-corrected chi connectivity index (χ2v) is 4.83. The van der Waals surface area contributed by atoms with Gasteiger partial charge < -0.3 is 4.98 Å². The molecule has 0 saturated heterocycles. The van der Waals surface area contributed by atoms with Crippen LogP contribution in [0, 0.1) is 0 Å². The van der Waals surface area contributed by atoms with Crippen molar-refractivity contribution in [1.29, 1.82) is 0 Å². The third-order valence-corrected chi connectivity index (χ3v) is 3.01. The number of H-pyrrole nitrogens is 1. The Morgan fingerprint density at radius 3 is 2.67 bits per heavy atom. The molecule has 0 unspecified atom stereocenters. The highest BCUT2D eigenvalue weighted by Gasteiger charge is 2.07. The summed E-state index contributed by atoms with van der Waals surface area (Å²) in [5, 5.41) is 1.78. The summed E-state index contributed by atoms with van der Waals surface area (Å²) in [5.74, 6) is 0.408. The summed E-state index contributed by atoms with van der Waals surface area (Å²) in [6, 6.07) is 5.82. The van der Waals surface area contributed by atoms with Crippen LogP contribution < -0.4 is 5.56 Å². The largest absolute Gasteiger partial charge is 0.328 e. The van der Waals surface area contributed by atoms with E-state index in [4.69, 9.17) is 0 Å². The quantitative estimate of drug-likeness (QED) is 0.842. The van der Waals surface area contributed by atoms with Gasteiger partial charge in [0.05, 0.1) is 0 Å². The molecule has 2 aromatic rings. The second-order valence-electron chi connectivity index (χ2n) is 3.92. The number of aromatic nitrogens is 1. The summed E-state index contributed by atoms with van der Waals surface area (Å²) in [5.41, 5.74) is 1.15. The summed E-state index contributed by atoms with van der Waals surface area (Å²) in [6.45, 7) is 4.24. The number of fused-ring (bicyclic) bond motifs is 1. The van der Waals surface area contributed by atoms with Crippen molar-refractivity contribution in [3.05, 3.63) is 44.8 Å². The fourth-order valence-corrected chi connectivity index (χ4v) is 2.09. The molecule has 1 heterocycles. The molecular formula is C12H12BrNO. The molecule has 0 atom stereocenters. The Kier molecular flexibility index (Phi) is 2.65. The van der Waals surface area contributed by atoms with Crippen molar-refractivity contribution in [2.75, 3.05) is 0 Å². The zero-order valence-electron chi connectivity index (χ0n) is 8.67. The molecule has 1 aromatic carbocycles. The lowest BCUT2D eigenvalue weighted by molar-refractivity contribution is 0.867. The van der Waals surface area contributed by atoms with E-state index < -0.39 is 0 Å². The number of hydrogen-bond donors (Lipinski definition) is 1. The van der Waals surface area contributed by atoms with Crippen LogP contribution in [0.5, 0.6) is 0 Å². The van der Waals surface area contributed by atoms with Crippen LogP contribution in [0.2, 0.25) is 0 Å². The molecule has 0 aliphatic carbocycles. The molecule has 1 N–H and O–H groups in total. The Bertz CT molecular complexity index is 557. The third-order valence-electron chi connectivity index (χ3n) is 2.52. The van der Waals surface area contributed by atoms with Gasteiger partial charge in [-0.1, -0.05) is 35.8 Å². The predicted molar refractivity (Wildman–Crippen MR) is 66.4 cm³/mol. The van der Waals surface area contributed by atoms with Crippen molar-refractivity contribution in [3.63, 3.8) is 0 Å². The van der Waals surface area contributed by atoms with Crippen LogP contribution in [-0.2, 0) is 0 Å². The molecule has 0 amide bonds. The van der Waals surface area contributed by atoms with Crippen molar-refractivity contribution < 1.29 is 0 Å². The SMILES string of the molecule is CC(C)c1c[nH]c(=O)c2cc(Br)ccc12. The van der Waals surface area contributed by atoms with Gasteiger partial charge in [0.1, 0.15) is 0 Å². The molecule has 2 nitrogen and oxygen atoms in total. The molecule has 0 aliphatic heterocycles. The normalized spacial score (nSPS) is 11.2. The number of halogens is 1. The van der Waals surface area contributed by atoms with Gasteiger partial charge in [-0.3, -0.25) is 4.79 Å². The Hall–Kier alpha value is -1.09. The molecule has 0 bridgehead atoms. The number of pyridine rings is 1. The second kappa shape index (κ2) is 3.81. The van der Waals surface area contributed by atoms with E-state index in [0.717, 1.165) is 15.2 Å². The van der Waals surface area contributed by atoms with Crippen LogP contribution in [-0.4, -0.2) is 4.98 Å². The molecule has 3 heteroatoms. The highest BCUT2D eigenvalue weighted by Crippen LogP contribution is 2.24. The van der Waals surface area contributed by atoms with E-state index in [-0.39, 0.29) is 5.56 Å².